The number of hydrogen-bond acceptors (Lipinski definition) is 4. The van der Waals surface area contributed by atoms with Crippen LogP contribution in [0.2, 0.25) is 0 Å². The molecule has 1 saturated carbocycles. The molecule has 1 aliphatic carbocycles. The highest BCUT2D eigenvalue weighted by Gasteiger charge is 2.38. The SMILES string of the molecule is CCCN(C1CC1)S(=O)(=O)c1cc(C)c(C(=O)O)s1. The lowest BCUT2D eigenvalue weighted by molar-refractivity contribution is 0.0701. The van der Waals surface area contributed by atoms with Crippen molar-refractivity contribution >= 4 is 27.3 Å². The van der Waals surface area contributed by atoms with E-state index in [1.807, 2.05) is 6.92 Å². The number of hydrogen-bond donors (Lipinski definition) is 1. The lowest BCUT2D eigenvalue weighted by atomic mass is 10.3. The van der Waals surface area contributed by atoms with Gasteiger partial charge in [-0.15, -0.1) is 11.3 Å². The lowest BCUT2D eigenvalue weighted by Crippen LogP contribution is -2.33. The van der Waals surface area contributed by atoms with E-state index in [1.54, 1.807) is 6.92 Å². The largest absolute Gasteiger partial charge is 0.477 e. The number of thiophene rings is 1. The molecular formula is C12H17NO4S2. The Morgan fingerprint density at radius 2 is 2.16 bits per heavy atom. The Bertz CT molecular complexity index is 587. The first-order chi connectivity index (χ1) is 8.87. The molecule has 0 saturated heterocycles. The van der Waals surface area contributed by atoms with Crippen molar-refractivity contribution in [3.05, 3.63) is 16.5 Å². The summed E-state index contributed by atoms with van der Waals surface area (Å²) in [7, 11) is -3.55. The number of aromatic carboxylic acids is 1. The third-order valence-electron chi connectivity index (χ3n) is 3.05. The molecule has 1 aromatic heterocycles. The molecule has 0 unspecified atom stereocenters. The molecule has 0 aliphatic heterocycles. The third kappa shape index (κ3) is 2.82. The van der Waals surface area contributed by atoms with E-state index in [0.29, 0.717) is 12.1 Å². The quantitative estimate of drug-likeness (QED) is 0.875. The lowest BCUT2D eigenvalue weighted by Gasteiger charge is -2.19. The van der Waals surface area contributed by atoms with Crippen molar-refractivity contribution in [2.24, 2.45) is 0 Å². The van der Waals surface area contributed by atoms with Crippen LogP contribution in [0.3, 0.4) is 0 Å². The van der Waals surface area contributed by atoms with Crippen LogP contribution in [0.15, 0.2) is 10.3 Å². The molecule has 19 heavy (non-hydrogen) atoms. The van der Waals surface area contributed by atoms with Crippen molar-refractivity contribution in [2.75, 3.05) is 6.54 Å². The number of carboxylic acids is 1. The summed E-state index contributed by atoms with van der Waals surface area (Å²) >= 11 is 0.845. The Morgan fingerprint density at radius 1 is 1.53 bits per heavy atom. The zero-order valence-corrected chi connectivity index (χ0v) is 12.6. The van der Waals surface area contributed by atoms with Gasteiger partial charge in [0, 0.05) is 12.6 Å². The second-order valence-electron chi connectivity index (χ2n) is 4.73. The molecule has 2 rings (SSSR count). The topological polar surface area (TPSA) is 74.7 Å². The maximum absolute atomic E-state index is 12.5. The zero-order valence-electron chi connectivity index (χ0n) is 10.9. The first kappa shape index (κ1) is 14.5. The molecule has 5 nitrogen and oxygen atoms in total. The van der Waals surface area contributed by atoms with Crippen LogP contribution < -0.4 is 0 Å². The van der Waals surface area contributed by atoms with Crippen LogP contribution in [0.25, 0.3) is 0 Å². The number of nitrogens with zero attached hydrogens (tertiary/aromatic N) is 1. The van der Waals surface area contributed by atoms with Crippen molar-refractivity contribution in [1.82, 2.24) is 4.31 Å². The van der Waals surface area contributed by atoms with Crippen molar-refractivity contribution in [3.8, 4) is 0 Å². The average Bonchev–Trinajstić information content (AvgIpc) is 3.07. The third-order valence-corrected chi connectivity index (χ3v) is 6.68. The van der Waals surface area contributed by atoms with E-state index in [-0.39, 0.29) is 15.1 Å². The van der Waals surface area contributed by atoms with Gasteiger partial charge >= 0.3 is 5.97 Å². The van der Waals surface area contributed by atoms with Gasteiger partial charge in [0.2, 0.25) is 0 Å². The molecule has 0 spiro atoms. The summed E-state index contributed by atoms with van der Waals surface area (Å²) in [6, 6.07) is 1.56. The summed E-state index contributed by atoms with van der Waals surface area (Å²) < 4.78 is 26.7. The Balaban J connectivity index is 2.37. The van der Waals surface area contributed by atoms with Crippen molar-refractivity contribution in [1.29, 1.82) is 0 Å². The highest BCUT2D eigenvalue weighted by Crippen LogP contribution is 2.35. The standard InChI is InChI=1S/C12H17NO4S2/c1-3-6-13(9-4-5-9)19(16,17)10-7-8(2)11(18-10)12(14)15/h7,9H,3-6H2,1-2H3,(H,14,15). The molecule has 1 N–H and O–H groups in total. The number of rotatable bonds is 6. The molecule has 0 aromatic carbocycles. The summed E-state index contributed by atoms with van der Waals surface area (Å²) in [6.45, 7) is 4.06. The van der Waals surface area contributed by atoms with Crippen LogP contribution >= 0.6 is 11.3 Å². The molecule has 0 radical (unpaired) electrons. The second-order valence-corrected chi connectivity index (χ2v) is 7.90. The van der Waals surface area contributed by atoms with E-state index in [2.05, 4.69) is 0 Å². The first-order valence-corrected chi connectivity index (χ1v) is 8.49. The van der Waals surface area contributed by atoms with Gasteiger partial charge in [-0.25, -0.2) is 13.2 Å². The highest BCUT2D eigenvalue weighted by molar-refractivity contribution is 7.91. The maximum Gasteiger partial charge on any atom is 0.346 e. The van der Waals surface area contributed by atoms with Gasteiger partial charge in [0.1, 0.15) is 9.09 Å². The minimum Gasteiger partial charge on any atom is -0.477 e. The summed E-state index contributed by atoms with van der Waals surface area (Å²) in [5.74, 6) is -1.07. The first-order valence-electron chi connectivity index (χ1n) is 6.23. The molecule has 106 valence electrons. The van der Waals surface area contributed by atoms with E-state index in [1.165, 1.54) is 10.4 Å². The van der Waals surface area contributed by atoms with Crippen LogP contribution in [-0.4, -0.2) is 36.4 Å². The summed E-state index contributed by atoms with van der Waals surface area (Å²) in [5, 5.41) is 9.01. The van der Waals surface area contributed by atoms with Crippen molar-refractivity contribution < 1.29 is 18.3 Å². The Morgan fingerprint density at radius 3 is 2.58 bits per heavy atom. The number of carboxylic acid groups (broad SMARTS) is 1. The Kier molecular flexibility index (Phi) is 3.98. The number of sulfonamides is 1. The number of aryl methyl sites for hydroxylation is 1. The van der Waals surface area contributed by atoms with Crippen LogP contribution in [0, 0.1) is 6.92 Å². The molecule has 0 amide bonds. The average molecular weight is 303 g/mol. The van der Waals surface area contributed by atoms with E-state index in [4.69, 9.17) is 5.11 Å². The predicted molar refractivity (Wildman–Crippen MR) is 73.2 cm³/mol. The summed E-state index contributed by atoms with van der Waals surface area (Å²) in [5.41, 5.74) is 0.503. The van der Waals surface area contributed by atoms with E-state index in [9.17, 15) is 13.2 Å². The van der Waals surface area contributed by atoms with Gasteiger partial charge in [-0.2, -0.15) is 4.31 Å². The molecule has 0 bridgehead atoms. The van der Waals surface area contributed by atoms with Gasteiger partial charge in [0.15, 0.2) is 0 Å². The molecule has 1 aromatic rings. The van der Waals surface area contributed by atoms with Gasteiger partial charge in [-0.3, -0.25) is 0 Å². The molecular weight excluding hydrogens is 286 g/mol. The summed E-state index contributed by atoms with van der Waals surface area (Å²) in [6.07, 6.45) is 2.55. The summed E-state index contributed by atoms with van der Waals surface area (Å²) in [4.78, 5) is 11.1. The van der Waals surface area contributed by atoms with Gasteiger partial charge < -0.3 is 5.11 Å². The second kappa shape index (κ2) is 5.22. The van der Waals surface area contributed by atoms with E-state index < -0.39 is 16.0 Å². The molecule has 7 heteroatoms. The van der Waals surface area contributed by atoms with Gasteiger partial charge in [-0.1, -0.05) is 6.92 Å². The molecule has 1 aliphatic rings. The van der Waals surface area contributed by atoms with E-state index in [0.717, 1.165) is 30.6 Å². The van der Waals surface area contributed by atoms with Gasteiger partial charge in [0.25, 0.3) is 10.0 Å². The fourth-order valence-corrected chi connectivity index (χ4v) is 5.28. The van der Waals surface area contributed by atoms with Gasteiger partial charge in [-0.05, 0) is 37.8 Å². The minimum absolute atomic E-state index is 0.0978. The Hall–Kier alpha value is -0.920. The Labute approximate surface area is 116 Å². The van der Waals surface area contributed by atoms with Crippen molar-refractivity contribution in [3.63, 3.8) is 0 Å². The van der Waals surface area contributed by atoms with Gasteiger partial charge in [0.05, 0.1) is 0 Å². The zero-order chi connectivity index (χ0) is 14.2. The van der Waals surface area contributed by atoms with E-state index >= 15 is 0 Å². The smallest absolute Gasteiger partial charge is 0.346 e. The monoisotopic (exact) mass is 303 g/mol. The fourth-order valence-electron chi connectivity index (χ4n) is 1.99. The normalized spacial score (nSPS) is 15.9. The van der Waals surface area contributed by atoms with Crippen LogP contribution in [0.5, 0.6) is 0 Å². The van der Waals surface area contributed by atoms with Crippen LogP contribution in [-0.2, 0) is 10.0 Å². The molecule has 1 fully saturated rings. The van der Waals surface area contributed by atoms with Crippen LogP contribution in [0.4, 0.5) is 0 Å². The number of carbonyl (C=O) groups is 1. The van der Waals surface area contributed by atoms with Crippen LogP contribution in [0.1, 0.15) is 41.4 Å². The predicted octanol–water partition coefficient (Wildman–Crippen LogP) is 2.32. The van der Waals surface area contributed by atoms with Crippen molar-refractivity contribution in [2.45, 2.75) is 43.4 Å². The maximum atomic E-state index is 12.5. The fraction of sp³-hybridized carbons (Fsp3) is 0.583. The molecule has 1 heterocycles. The highest BCUT2D eigenvalue weighted by atomic mass is 32.2. The molecule has 0 atom stereocenters. The minimum atomic E-state index is -3.55.